The molecule has 0 bridgehead atoms. The molecule has 0 spiro atoms. The lowest BCUT2D eigenvalue weighted by molar-refractivity contribution is -0.144. The molecule has 0 radical (unpaired) electrons. The van der Waals surface area contributed by atoms with Crippen LogP contribution in [0.15, 0.2) is 54.9 Å². The van der Waals surface area contributed by atoms with Crippen molar-refractivity contribution in [3.05, 3.63) is 66.0 Å². The summed E-state index contributed by atoms with van der Waals surface area (Å²) in [7, 11) is 1.67. The van der Waals surface area contributed by atoms with E-state index in [2.05, 4.69) is 4.98 Å². The van der Waals surface area contributed by atoms with Crippen molar-refractivity contribution in [2.75, 3.05) is 20.3 Å². The van der Waals surface area contributed by atoms with Gasteiger partial charge in [0.25, 0.3) is 0 Å². The van der Waals surface area contributed by atoms with Crippen LogP contribution in [0.2, 0.25) is 0 Å². The number of carbonyl (C=O) groups is 3. The second-order valence-corrected chi connectivity index (χ2v) is 8.96. The van der Waals surface area contributed by atoms with Crippen LogP contribution >= 0.6 is 0 Å². The third kappa shape index (κ3) is 4.83. The van der Waals surface area contributed by atoms with Gasteiger partial charge in [-0.25, -0.2) is 0 Å². The number of amides is 3. The fourth-order valence-corrected chi connectivity index (χ4v) is 5.10. The van der Waals surface area contributed by atoms with Gasteiger partial charge in [-0.05, 0) is 48.9 Å². The highest BCUT2D eigenvalue weighted by Crippen LogP contribution is 2.41. The Hall–Kier alpha value is -3.06. The van der Waals surface area contributed by atoms with E-state index in [0.717, 1.165) is 36.8 Å². The highest BCUT2D eigenvalue weighted by Gasteiger charge is 2.54. The number of methoxy groups -OCH3 is 1. The molecular formula is C26H31N3O4. The quantitative estimate of drug-likeness (QED) is 0.579. The number of benzene rings is 1. The maximum absolute atomic E-state index is 13.8. The fourth-order valence-electron chi connectivity index (χ4n) is 5.10. The number of nitrogens with zero attached hydrogens (tertiary/aromatic N) is 3. The van der Waals surface area contributed by atoms with Gasteiger partial charge in [0.05, 0.1) is 12.0 Å². The molecule has 3 heterocycles. The summed E-state index contributed by atoms with van der Waals surface area (Å²) >= 11 is 0. The first-order valence-corrected chi connectivity index (χ1v) is 11.6. The van der Waals surface area contributed by atoms with Crippen molar-refractivity contribution in [2.24, 2.45) is 0 Å². The van der Waals surface area contributed by atoms with Crippen LogP contribution in [-0.4, -0.2) is 58.8 Å². The SMILES string of the molecule is COCCC1CCCCN1C(=O)CC1(c2ccccc2)CC(=O)N(Cc2ccncc2)C1=O. The molecule has 2 aromatic rings. The number of likely N-dealkylation sites (tertiary alicyclic amines) is 2. The van der Waals surface area contributed by atoms with E-state index in [1.54, 1.807) is 31.6 Å². The number of imide groups is 1. The van der Waals surface area contributed by atoms with Gasteiger partial charge < -0.3 is 9.64 Å². The third-order valence-corrected chi connectivity index (χ3v) is 6.88. The van der Waals surface area contributed by atoms with Crippen molar-refractivity contribution in [1.82, 2.24) is 14.8 Å². The molecule has 2 atom stereocenters. The molecule has 0 N–H and O–H groups in total. The molecule has 2 aliphatic heterocycles. The summed E-state index contributed by atoms with van der Waals surface area (Å²) in [4.78, 5) is 47.7. The highest BCUT2D eigenvalue weighted by atomic mass is 16.5. The summed E-state index contributed by atoms with van der Waals surface area (Å²) in [5.41, 5.74) is 0.378. The monoisotopic (exact) mass is 449 g/mol. The van der Waals surface area contributed by atoms with Crippen LogP contribution in [0.4, 0.5) is 0 Å². The van der Waals surface area contributed by atoms with Crippen molar-refractivity contribution >= 4 is 17.7 Å². The number of rotatable bonds is 8. The number of hydrogen-bond donors (Lipinski definition) is 0. The molecule has 2 aliphatic rings. The Balaban J connectivity index is 1.62. The van der Waals surface area contributed by atoms with Crippen LogP contribution in [0.3, 0.4) is 0 Å². The number of hydrogen-bond acceptors (Lipinski definition) is 5. The Morgan fingerprint density at radius 2 is 1.88 bits per heavy atom. The maximum Gasteiger partial charge on any atom is 0.241 e. The largest absolute Gasteiger partial charge is 0.385 e. The number of ether oxygens (including phenoxy) is 1. The Morgan fingerprint density at radius 1 is 1.12 bits per heavy atom. The number of pyridine rings is 1. The van der Waals surface area contributed by atoms with Gasteiger partial charge in [-0.15, -0.1) is 0 Å². The van der Waals surface area contributed by atoms with Gasteiger partial charge >= 0.3 is 0 Å². The lowest BCUT2D eigenvalue weighted by atomic mass is 9.75. The van der Waals surface area contributed by atoms with E-state index in [0.29, 0.717) is 13.2 Å². The molecule has 2 saturated heterocycles. The van der Waals surface area contributed by atoms with E-state index in [4.69, 9.17) is 4.74 Å². The minimum atomic E-state index is -1.17. The smallest absolute Gasteiger partial charge is 0.241 e. The molecule has 4 rings (SSSR count). The second-order valence-electron chi connectivity index (χ2n) is 8.96. The summed E-state index contributed by atoms with van der Waals surface area (Å²) in [5, 5.41) is 0. The van der Waals surface area contributed by atoms with Crippen molar-refractivity contribution < 1.29 is 19.1 Å². The first kappa shape index (κ1) is 23.1. The summed E-state index contributed by atoms with van der Waals surface area (Å²) in [6.45, 7) is 1.46. The molecule has 0 saturated carbocycles. The van der Waals surface area contributed by atoms with Gasteiger partial charge in [-0.3, -0.25) is 24.3 Å². The topological polar surface area (TPSA) is 79.8 Å². The Labute approximate surface area is 194 Å². The highest BCUT2D eigenvalue weighted by molar-refractivity contribution is 6.10. The molecule has 1 aromatic carbocycles. The van der Waals surface area contributed by atoms with Gasteiger partial charge in [-0.1, -0.05) is 30.3 Å². The van der Waals surface area contributed by atoms with Crippen LogP contribution < -0.4 is 0 Å². The van der Waals surface area contributed by atoms with E-state index in [1.165, 1.54) is 4.90 Å². The van der Waals surface area contributed by atoms with Gasteiger partial charge in [0.1, 0.15) is 0 Å². The standard InChI is InChI=1S/C26H31N3O4/c1-33-16-12-22-9-5-6-15-28(22)23(30)17-26(21-7-3-2-4-8-21)18-24(31)29(25(26)32)19-20-10-13-27-14-11-20/h2-4,7-8,10-11,13-14,22H,5-6,9,12,15-19H2,1H3. The lowest BCUT2D eigenvalue weighted by Gasteiger charge is -2.38. The second kappa shape index (κ2) is 10.3. The van der Waals surface area contributed by atoms with E-state index >= 15 is 0 Å². The van der Waals surface area contributed by atoms with Gasteiger partial charge in [0, 0.05) is 51.5 Å². The maximum atomic E-state index is 13.8. The predicted octanol–water partition coefficient (Wildman–Crippen LogP) is 3.09. The van der Waals surface area contributed by atoms with E-state index in [-0.39, 0.29) is 43.1 Å². The van der Waals surface area contributed by atoms with E-state index in [9.17, 15) is 14.4 Å². The third-order valence-electron chi connectivity index (χ3n) is 6.88. The molecule has 2 fully saturated rings. The molecule has 7 nitrogen and oxygen atoms in total. The zero-order chi connectivity index (χ0) is 23.3. The summed E-state index contributed by atoms with van der Waals surface area (Å²) < 4.78 is 5.25. The molecule has 33 heavy (non-hydrogen) atoms. The zero-order valence-electron chi connectivity index (χ0n) is 19.1. The average Bonchev–Trinajstić information content (AvgIpc) is 3.09. The van der Waals surface area contributed by atoms with Crippen molar-refractivity contribution in [2.45, 2.75) is 56.5 Å². The summed E-state index contributed by atoms with van der Waals surface area (Å²) in [6.07, 6.45) is 7.04. The number of piperidine rings is 1. The molecule has 2 unspecified atom stereocenters. The van der Waals surface area contributed by atoms with E-state index in [1.807, 2.05) is 35.2 Å². The summed E-state index contributed by atoms with van der Waals surface area (Å²) in [6, 6.07) is 13.0. The summed E-state index contributed by atoms with van der Waals surface area (Å²) in [5.74, 6) is -0.607. The Morgan fingerprint density at radius 3 is 2.61 bits per heavy atom. The zero-order valence-corrected chi connectivity index (χ0v) is 19.1. The van der Waals surface area contributed by atoms with Gasteiger partial charge in [0.2, 0.25) is 17.7 Å². The Bertz CT molecular complexity index is 982. The van der Waals surface area contributed by atoms with Gasteiger partial charge in [0.15, 0.2) is 0 Å². The van der Waals surface area contributed by atoms with Crippen LogP contribution in [0, 0.1) is 0 Å². The molecule has 0 aliphatic carbocycles. The van der Waals surface area contributed by atoms with E-state index < -0.39 is 5.41 Å². The molecule has 3 amide bonds. The molecule has 174 valence electrons. The number of carbonyl (C=O) groups excluding carboxylic acids is 3. The van der Waals surface area contributed by atoms with Crippen LogP contribution in [0.25, 0.3) is 0 Å². The fraction of sp³-hybridized carbons (Fsp3) is 0.462. The first-order valence-electron chi connectivity index (χ1n) is 11.6. The van der Waals surface area contributed by atoms with Gasteiger partial charge in [-0.2, -0.15) is 0 Å². The minimum absolute atomic E-state index is 0.00207. The predicted molar refractivity (Wildman–Crippen MR) is 123 cm³/mol. The molecular weight excluding hydrogens is 418 g/mol. The molecule has 1 aromatic heterocycles. The van der Waals surface area contributed by atoms with Crippen LogP contribution in [0.1, 0.15) is 49.7 Å². The normalized spacial score (nSPS) is 23.2. The van der Waals surface area contributed by atoms with Crippen molar-refractivity contribution in [1.29, 1.82) is 0 Å². The van der Waals surface area contributed by atoms with Crippen LogP contribution in [-0.2, 0) is 31.1 Å². The Kier molecular flexibility index (Phi) is 7.18. The average molecular weight is 450 g/mol. The number of aromatic nitrogens is 1. The van der Waals surface area contributed by atoms with Crippen LogP contribution in [0.5, 0.6) is 0 Å². The van der Waals surface area contributed by atoms with Crippen molar-refractivity contribution in [3.8, 4) is 0 Å². The minimum Gasteiger partial charge on any atom is -0.385 e. The lowest BCUT2D eigenvalue weighted by Crippen LogP contribution is -2.48. The van der Waals surface area contributed by atoms with Crippen molar-refractivity contribution in [3.63, 3.8) is 0 Å². The first-order chi connectivity index (χ1) is 16.0. The molecule has 7 heteroatoms.